The molecule has 4 N–H and O–H groups in total. The molecule has 0 saturated carbocycles. The molecule has 0 aliphatic carbocycles. The van der Waals surface area contributed by atoms with Crippen LogP contribution in [0.3, 0.4) is 0 Å². The van der Waals surface area contributed by atoms with Crippen molar-refractivity contribution in [2.75, 3.05) is 35.6 Å². The van der Waals surface area contributed by atoms with Gasteiger partial charge in [-0.2, -0.15) is 9.61 Å². The lowest BCUT2D eigenvalue weighted by Gasteiger charge is -2.24. The molecule has 1 amide bonds. The zero-order valence-electron chi connectivity index (χ0n) is 17.9. The number of hydrogen-bond acceptors (Lipinski definition) is 7. The number of ether oxygens (including phenoxy) is 1. The lowest BCUT2D eigenvalue weighted by molar-refractivity contribution is -0.115. The van der Waals surface area contributed by atoms with Crippen LogP contribution in [0, 0.1) is 0 Å². The van der Waals surface area contributed by atoms with Crippen molar-refractivity contribution in [3.63, 3.8) is 0 Å². The molecule has 9 nitrogen and oxygen atoms in total. The van der Waals surface area contributed by atoms with E-state index in [2.05, 4.69) is 31.3 Å². The van der Waals surface area contributed by atoms with Gasteiger partial charge in [0.15, 0.2) is 5.65 Å². The summed E-state index contributed by atoms with van der Waals surface area (Å²) in [4.78, 5) is 16.6. The van der Waals surface area contributed by atoms with Crippen LogP contribution in [0.25, 0.3) is 5.65 Å². The van der Waals surface area contributed by atoms with Crippen molar-refractivity contribution < 1.29 is 9.53 Å². The quantitative estimate of drug-likeness (QED) is 0.440. The van der Waals surface area contributed by atoms with Crippen LogP contribution in [0.5, 0.6) is 5.75 Å². The van der Waals surface area contributed by atoms with E-state index in [0.29, 0.717) is 30.5 Å². The first-order chi connectivity index (χ1) is 15.2. The predicted molar refractivity (Wildman–Crippen MR) is 122 cm³/mol. The second-order valence-electron chi connectivity index (χ2n) is 7.49. The minimum Gasteiger partial charge on any atom is -0.492 e. The van der Waals surface area contributed by atoms with Gasteiger partial charge in [-0.1, -0.05) is 6.92 Å². The third kappa shape index (κ3) is 5.05. The summed E-state index contributed by atoms with van der Waals surface area (Å²) >= 11 is 0. The Bertz CT molecular complexity index is 1040. The first-order valence-corrected chi connectivity index (χ1v) is 10.8. The van der Waals surface area contributed by atoms with Crippen molar-refractivity contribution in [2.45, 2.75) is 39.2 Å². The van der Waals surface area contributed by atoms with Crippen LogP contribution in [0.1, 0.15) is 33.1 Å². The van der Waals surface area contributed by atoms with Gasteiger partial charge in [0.2, 0.25) is 5.91 Å². The summed E-state index contributed by atoms with van der Waals surface area (Å²) in [5, 5.41) is 17.7. The Balaban J connectivity index is 1.61. The average Bonchev–Trinajstić information content (AvgIpc) is 3.25. The van der Waals surface area contributed by atoms with Crippen LogP contribution in [0.2, 0.25) is 0 Å². The Morgan fingerprint density at radius 2 is 2.19 bits per heavy atom. The number of fused-ring (bicyclic) bond motifs is 1. The zero-order chi connectivity index (χ0) is 21.6. The minimum atomic E-state index is -0.0657. The molecule has 4 rings (SSSR count). The second kappa shape index (κ2) is 9.65. The number of amides is 1. The first kappa shape index (κ1) is 20.9. The molecule has 1 atom stereocenters. The number of carbonyl (C=O) groups is 1. The summed E-state index contributed by atoms with van der Waals surface area (Å²) in [6.07, 6.45) is 4.38. The van der Waals surface area contributed by atoms with Crippen LogP contribution in [0.4, 0.5) is 23.0 Å². The van der Waals surface area contributed by atoms with Gasteiger partial charge in [-0.25, -0.2) is 4.98 Å². The van der Waals surface area contributed by atoms with Crippen LogP contribution in [0.15, 0.2) is 36.5 Å². The van der Waals surface area contributed by atoms with Crippen molar-refractivity contribution in [3.05, 3.63) is 36.5 Å². The lowest BCUT2D eigenvalue weighted by Crippen LogP contribution is -2.38. The normalized spacial score (nSPS) is 16.1. The molecule has 1 saturated heterocycles. The van der Waals surface area contributed by atoms with Gasteiger partial charge >= 0.3 is 0 Å². The molecular weight excluding hydrogens is 394 g/mol. The maximum atomic E-state index is 12.0. The van der Waals surface area contributed by atoms with Gasteiger partial charge in [0.25, 0.3) is 0 Å². The van der Waals surface area contributed by atoms with E-state index in [9.17, 15) is 4.79 Å². The van der Waals surface area contributed by atoms with E-state index >= 15 is 0 Å². The van der Waals surface area contributed by atoms with Crippen molar-refractivity contribution in [2.24, 2.45) is 0 Å². The Morgan fingerprint density at radius 3 is 2.97 bits per heavy atom. The van der Waals surface area contributed by atoms with Crippen LogP contribution in [-0.2, 0) is 4.79 Å². The number of anilines is 4. The highest BCUT2D eigenvalue weighted by Gasteiger charge is 2.15. The van der Waals surface area contributed by atoms with E-state index in [1.165, 1.54) is 0 Å². The minimum absolute atomic E-state index is 0.0657. The SMILES string of the molecule is CCOc1ccc(Nc2cc(NC3CCCNC3)nc3ccnn23)cc1NC(=O)CC. The summed E-state index contributed by atoms with van der Waals surface area (Å²) in [5.41, 5.74) is 2.20. The Morgan fingerprint density at radius 1 is 1.29 bits per heavy atom. The number of nitrogens with one attached hydrogen (secondary N) is 4. The highest BCUT2D eigenvalue weighted by atomic mass is 16.5. The van der Waals surface area contributed by atoms with Gasteiger partial charge in [0.05, 0.1) is 18.5 Å². The van der Waals surface area contributed by atoms with E-state index in [0.717, 1.165) is 48.9 Å². The van der Waals surface area contributed by atoms with Crippen LogP contribution >= 0.6 is 0 Å². The molecule has 0 bridgehead atoms. The van der Waals surface area contributed by atoms with Gasteiger partial charge in [-0.05, 0) is 44.5 Å². The number of rotatable bonds is 8. The van der Waals surface area contributed by atoms with E-state index in [1.807, 2.05) is 44.2 Å². The first-order valence-electron chi connectivity index (χ1n) is 10.8. The smallest absolute Gasteiger partial charge is 0.224 e. The summed E-state index contributed by atoms with van der Waals surface area (Å²) in [5.74, 6) is 2.15. The molecule has 164 valence electrons. The fraction of sp³-hybridized carbons (Fsp3) is 0.409. The standard InChI is InChI=1S/C22H29N7O2/c1-3-22(30)27-17-12-15(7-8-18(17)31-4-2)26-21-13-19(25-16-6-5-10-23-14-16)28-20-9-11-24-29(20)21/h7-9,11-13,16,23,26H,3-6,10,14H2,1-2H3,(H,25,28)(H,27,30). The Hall–Kier alpha value is -3.33. The Kier molecular flexibility index (Phi) is 6.51. The number of hydrogen-bond donors (Lipinski definition) is 4. The maximum Gasteiger partial charge on any atom is 0.224 e. The van der Waals surface area contributed by atoms with Gasteiger partial charge in [0, 0.05) is 36.8 Å². The average molecular weight is 424 g/mol. The lowest BCUT2D eigenvalue weighted by atomic mass is 10.1. The Labute approximate surface area is 181 Å². The molecule has 1 fully saturated rings. The maximum absolute atomic E-state index is 12.0. The molecule has 2 aromatic heterocycles. The third-order valence-electron chi connectivity index (χ3n) is 5.16. The van der Waals surface area contributed by atoms with E-state index in [1.54, 1.807) is 10.7 Å². The summed E-state index contributed by atoms with van der Waals surface area (Å²) in [6.45, 7) is 6.24. The monoisotopic (exact) mass is 423 g/mol. The fourth-order valence-corrected chi connectivity index (χ4v) is 3.63. The predicted octanol–water partition coefficient (Wildman–Crippen LogP) is 3.38. The molecule has 31 heavy (non-hydrogen) atoms. The van der Waals surface area contributed by atoms with E-state index < -0.39 is 0 Å². The molecule has 1 aliphatic heterocycles. The third-order valence-corrected chi connectivity index (χ3v) is 5.16. The van der Waals surface area contributed by atoms with Gasteiger partial charge < -0.3 is 26.0 Å². The van der Waals surface area contributed by atoms with Crippen molar-refractivity contribution in [3.8, 4) is 5.75 Å². The van der Waals surface area contributed by atoms with Gasteiger partial charge in [0.1, 0.15) is 17.4 Å². The number of benzene rings is 1. The molecule has 0 spiro atoms. The van der Waals surface area contributed by atoms with Crippen molar-refractivity contribution >= 4 is 34.6 Å². The zero-order valence-corrected chi connectivity index (χ0v) is 17.9. The molecule has 1 aliphatic rings. The van der Waals surface area contributed by atoms with Crippen molar-refractivity contribution in [1.29, 1.82) is 0 Å². The van der Waals surface area contributed by atoms with Gasteiger partial charge in [-0.3, -0.25) is 4.79 Å². The topological polar surface area (TPSA) is 105 Å². The second-order valence-corrected chi connectivity index (χ2v) is 7.49. The summed E-state index contributed by atoms with van der Waals surface area (Å²) < 4.78 is 7.42. The molecule has 1 aromatic carbocycles. The van der Waals surface area contributed by atoms with E-state index in [-0.39, 0.29) is 5.91 Å². The van der Waals surface area contributed by atoms with Crippen molar-refractivity contribution in [1.82, 2.24) is 19.9 Å². The molecule has 3 aromatic rings. The van der Waals surface area contributed by atoms with E-state index in [4.69, 9.17) is 4.74 Å². The highest BCUT2D eigenvalue weighted by Crippen LogP contribution is 2.30. The molecule has 9 heteroatoms. The highest BCUT2D eigenvalue weighted by molar-refractivity contribution is 5.93. The molecule has 3 heterocycles. The fourth-order valence-electron chi connectivity index (χ4n) is 3.63. The molecule has 1 unspecified atom stereocenters. The number of nitrogens with zero attached hydrogens (tertiary/aromatic N) is 3. The van der Waals surface area contributed by atoms with Crippen LogP contribution < -0.4 is 26.0 Å². The largest absolute Gasteiger partial charge is 0.492 e. The summed E-state index contributed by atoms with van der Waals surface area (Å²) in [6, 6.07) is 9.81. The molecule has 0 radical (unpaired) electrons. The molecular formula is C22H29N7O2. The van der Waals surface area contributed by atoms with Gasteiger partial charge in [-0.15, -0.1) is 0 Å². The number of carbonyl (C=O) groups excluding carboxylic acids is 1. The number of aromatic nitrogens is 3. The summed E-state index contributed by atoms with van der Waals surface area (Å²) in [7, 11) is 0. The number of piperidine rings is 1. The van der Waals surface area contributed by atoms with Crippen LogP contribution in [-0.4, -0.2) is 46.2 Å².